The van der Waals surface area contributed by atoms with Crippen molar-refractivity contribution >= 4 is 18.4 Å². The minimum absolute atomic E-state index is 0.263. The van der Waals surface area contributed by atoms with Crippen LogP contribution in [0.5, 0.6) is 0 Å². The molecular weight excluding hydrogens is 263 g/mol. The molecule has 0 aliphatic rings. The molecule has 6 heteroatoms. The van der Waals surface area contributed by atoms with Gasteiger partial charge in [0, 0.05) is 6.42 Å². The van der Waals surface area contributed by atoms with Crippen molar-refractivity contribution < 1.29 is 4.39 Å². The molecule has 0 saturated heterocycles. The third kappa shape index (κ3) is 3.57. The lowest BCUT2D eigenvalue weighted by Crippen LogP contribution is -1.99. The van der Waals surface area contributed by atoms with Crippen LogP contribution in [0.2, 0.25) is 0 Å². The van der Waals surface area contributed by atoms with Crippen LogP contribution in [0.1, 0.15) is 31.2 Å². The summed E-state index contributed by atoms with van der Waals surface area (Å²) in [7, 11) is 0. The fourth-order valence-electron chi connectivity index (χ4n) is 1.61. The highest BCUT2D eigenvalue weighted by molar-refractivity contribution is 7.71. The molecule has 19 heavy (non-hydrogen) atoms. The van der Waals surface area contributed by atoms with Gasteiger partial charge in [-0.05, 0) is 36.3 Å². The molecule has 0 amide bonds. The van der Waals surface area contributed by atoms with Crippen LogP contribution in [-0.2, 0) is 6.42 Å². The molecule has 100 valence electrons. The number of aromatic amines is 1. The minimum atomic E-state index is -0.263. The maximum atomic E-state index is 12.8. The normalized spacial score (nSPS) is 11.3. The fourth-order valence-corrected chi connectivity index (χ4v) is 1.81. The molecule has 0 spiro atoms. The molecule has 0 bridgehead atoms. The molecule has 0 radical (unpaired) electrons. The molecule has 1 aromatic heterocycles. The third-order valence-corrected chi connectivity index (χ3v) is 2.93. The number of aryl methyl sites for hydroxylation is 1. The standard InChI is InChI=1S/C13H15FN4S/c1-2-3-4-12-16-17-13(19)18(12)15-9-10-5-7-11(14)8-6-10/h5-9H,2-4H2,1H3,(H,17,19)/b15-9-. The Morgan fingerprint density at radius 2 is 2.16 bits per heavy atom. The van der Waals surface area contributed by atoms with Gasteiger partial charge in [0.1, 0.15) is 5.82 Å². The number of aromatic nitrogens is 3. The lowest BCUT2D eigenvalue weighted by Gasteiger charge is -1.99. The quantitative estimate of drug-likeness (QED) is 0.673. The Balaban J connectivity index is 2.20. The Morgan fingerprint density at radius 1 is 1.42 bits per heavy atom. The van der Waals surface area contributed by atoms with Crippen LogP contribution in [0.15, 0.2) is 29.4 Å². The Hall–Kier alpha value is -1.82. The predicted octanol–water partition coefficient (Wildman–Crippen LogP) is 3.30. The van der Waals surface area contributed by atoms with Gasteiger partial charge in [0.25, 0.3) is 0 Å². The molecule has 1 N–H and O–H groups in total. The number of nitrogens with one attached hydrogen (secondary N) is 1. The molecule has 1 aromatic carbocycles. The van der Waals surface area contributed by atoms with Crippen LogP contribution >= 0.6 is 12.2 Å². The maximum Gasteiger partial charge on any atom is 0.216 e. The lowest BCUT2D eigenvalue weighted by atomic mass is 10.2. The molecule has 0 saturated carbocycles. The van der Waals surface area contributed by atoms with Gasteiger partial charge in [-0.25, -0.2) is 4.39 Å². The summed E-state index contributed by atoms with van der Waals surface area (Å²) >= 11 is 5.13. The van der Waals surface area contributed by atoms with E-state index in [1.54, 1.807) is 23.0 Å². The SMILES string of the molecule is CCCCc1n[nH]c(=S)n1/N=C\c1ccc(F)cc1. The number of hydrogen-bond donors (Lipinski definition) is 1. The Kier molecular flexibility index (Phi) is 4.57. The molecule has 2 aromatic rings. The zero-order chi connectivity index (χ0) is 13.7. The summed E-state index contributed by atoms with van der Waals surface area (Å²) in [6.45, 7) is 2.12. The van der Waals surface area contributed by atoms with Gasteiger partial charge >= 0.3 is 0 Å². The molecule has 0 aliphatic carbocycles. The fraction of sp³-hybridized carbons (Fsp3) is 0.308. The molecule has 0 atom stereocenters. The summed E-state index contributed by atoms with van der Waals surface area (Å²) in [6.07, 6.45) is 4.58. The van der Waals surface area contributed by atoms with Crippen LogP contribution in [0, 0.1) is 10.6 Å². The van der Waals surface area contributed by atoms with Crippen molar-refractivity contribution in [3.8, 4) is 0 Å². The number of unbranched alkanes of at least 4 members (excludes halogenated alkanes) is 1. The van der Waals surface area contributed by atoms with Gasteiger partial charge in [0.2, 0.25) is 4.77 Å². The summed E-state index contributed by atoms with van der Waals surface area (Å²) in [5.41, 5.74) is 0.811. The topological polar surface area (TPSA) is 46.0 Å². The van der Waals surface area contributed by atoms with Gasteiger partial charge in [0.05, 0.1) is 6.21 Å². The van der Waals surface area contributed by atoms with Crippen molar-refractivity contribution in [1.29, 1.82) is 0 Å². The molecule has 0 unspecified atom stereocenters. The van der Waals surface area contributed by atoms with Crippen molar-refractivity contribution in [3.63, 3.8) is 0 Å². The van der Waals surface area contributed by atoms with Crippen molar-refractivity contribution in [2.75, 3.05) is 0 Å². The smallest absolute Gasteiger partial charge is 0.216 e. The second-order valence-electron chi connectivity index (χ2n) is 4.16. The van der Waals surface area contributed by atoms with Gasteiger partial charge in [0.15, 0.2) is 5.82 Å². The van der Waals surface area contributed by atoms with Crippen molar-refractivity contribution in [3.05, 3.63) is 46.2 Å². The Morgan fingerprint density at radius 3 is 2.84 bits per heavy atom. The van der Waals surface area contributed by atoms with E-state index in [9.17, 15) is 4.39 Å². The van der Waals surface area contributed by atoms with Crippen LogP contribution in [0.25, 0.3) is 0 Å². The molecule has 0 aliphatic heterocycles. The van der Waals surface area contributed by atoms with E-state index in [1.807, 2.05) is 0 Å². The van der Waals surface area contributed by atoms with Gasteiger partial charge in [-0.15, -0.1) is 0 Å². The molecule has 2 rings (SSSR count). The molecule has 4 nitrogen and oxygen atoms in total. The van der Waals surface area contributed by atoms with Crippen molar-refractivity contribution in [2.45, 2.75) is 26.2 Å². The first-order valence-electron chi connectivity index (χ1n) is 6.17. The van der Waals surface area contributed by atoms with Crippen LogP contribution < -0.4 is 0 Å². The first-order chi connectivity index (χ1) is 9.20. The van der Waals surface area contributed by atoms with Gasteiger partial charge in [-0.2, -0.15) is 14.9 Å². The minimum Gasteiger partial charge on any atom is -0.250 e. The van der Waals surface area contributed by atoms with Gasteiger partial charge in [-0.1, -0.05) is 25.5 Å². The summed E-state index contributed by atoms with van der Waals surface area (Å²) in [5.74, 6) is 0.547. The van der Waals surface area contributed by atoms with E-state index in [4.69, 9.17) is 12.2 Å². The average molecular weight is 278 g/mol. The number of rotatable bonds is 5. The number of halogens is 1. The highest BCUT2D eigenvalue weighted by Crippen LogP contribution is 2.04. The highest BCUT2D eigenvalue weighted by atomic mass is 32.1. The van der Waals surface area contributed by atoms with Crippen LogP contribution in [0.3, 0.4) is 0 Å². The van der Waals surface area contributed by atoms with Crippen molar-refractivity contribution in [1.82, 2.24) is 14.9 Å². The van der Waals surface area contributed by atoms with Crippen LogP contribution in [0.4, 0.5) is 4.39 Å². The second-order valence-corrected chi connectivity index (χ2v) is 4.54. The maximum absolute atomic E-state index is 12.8. The zero-order valence-electron chi connectivity index (χ0n) is 10.6. The lowest BCUT2D eigenvalue weighted by molar-refractivity contribution is 0.628. The number of H-pyrrole nitrogens is 1. The first-order valence-corrected chi connectivity index (χ1v) is 6.57. The van der Waals surface area contributed by atoms with E-state index in [0.29, 0.717) is 4.77 Å². The Labute approximate surface area is 116 Å². The van der Waals surface area contributed by atoms with E-state index in [0.717, 1.165) is 30.7 Å². The van der Waals surface area contributed by atoms with E-state index >= 15 is 0 Å². The Bertz CT molecular complexity index is 612. The number of benzene rings is 1. The molecule has 0 fully saturated rings. The number of nitrogens with zero attached hydrogens (tertiary/aromatic N) is 3. The van der Waals surface area contributed by atoms with Gasteiger partial charge < -0.3 is 0 Å². The van der Waals surface area contributed by atoms with Gasteiger partial charge in [-0.3, -0.25) is 5.10 Å². The molecule has 1 heterocycles. The first kappa shape index (κ1) is 13.6. The highest BCUT2D eigenvalue weighted by Gasteiger charge is 2.03. The largest absolute Gasteiger partial charge is 0.250 e. The average Bonchev–Trinajstić information content (AvgIpc) is 2.76. The molecular formula is C13H15FN4S. The monoisotopic (exact) mass is 278 g/mol. The number of hydrogen-bond acceptors (Lipinski definition) is 3. The van der Waals surface area contributed by atoms with E-state index in [1.165, 1.54) is 12.1 Å². The third-order valence-electron chi connectivity index (χ3n) is 2.66. The summed E-state index contributed by atoms with van der Waals surface area (Å²) in [4.78, 5) is 0. The second kappa shape index (κ2) is 6.38. The van der Waals surface area contributed by atoms with E-state index in [2.05, 4.69) is 22.2 Å². The summed E-state index contributed by atoms with van der Waals surface area (Å²) < 4.78 is 14.9. The zero-order valence-corrected chi connectivity index (χ0v) is 11.5. The summed E-state index contributed by atoms with van der Waals surface area (Å²) in [5, 5.41) is 11.2. The summed E-state index contributed by atoms with van der Waals surface area (Å²) in [6, 6.07) is 6.12. The van der Waals surface area contributed by atoms with E-state index < -0.39 is 0 Å². The van der Waals surface area contributed by atoms with Crippen LogP contribution in [-0.4, -0.2) is 21.1 Å². The van der Waals surface area contributed by atoms with E-state index in [-0.39, 0.29) is 5.82 Å². The predicted molar refractivity (Wildman–Crippen MR) is 75.4 cm³/mol. The van der Waals surface area contributed by atoms with Crippen molar-refractivity contribution in [2.24, 2.45) is 5.10 Å².